The van der Waals surface area contributed by atoms with Crippen LogP contribution in [0.4, 0.5) is 0 Å². The number of aliphatic hydroxyl groups is 1. The Kier molecular flexibility index (Phi) is 6.30. The van der Waals surface area contributed by atoms with E-state index in [2.05, 4.69) is 34.7 Å². The van der Waals surface area contributed by atoms with Crippen LogP contribution in [0.3, 0.4) is 0 Å². The Morgan fingerprint density at radius 2 is 1.88 bits per heavy atom. The first-order valence-corrected chi connectivity index (χ1v) is 7.62. The van der Waals surface area contributed by atoms with E-state index >= 15 is 0 Å². The van der Waals surface area contributed by atoms with E-state index in [0.717, 1.165) is 18.4 Å². The molecule has 2 nitrogen and oxygen atoms in total. The second kappa shape index (κ2) is 6.97. The fourth-order valence-corrected chi connectivity index (χ4v) is 2.73. The summed E-state index contributed by atoms with van der Waals surface area (Å²) < 4.78 is 0. The van der Waals surface area contributed by atoms with E-state index in [9.17, 15) is 5.11 Å². The molecule has 16 heavy (non-hydrogen) atoms. The predicted octanol–water partition coefficient (Wildman–Crippen LogP) is 3.03. The van der Waals surface area contributed by atoms with Gasteiger partial charge in [0.05, 0.1) is 6.61 Å². The summed E-state index contributed by atoms with van der Waals surface area (Å²) in [5.41, 5.74) is 0.298. The van der Waals surface area contributed by atoms with Gasteiger partial charge in [-0.2, -0.15) is 0 Å². The second-order valence-corrected chi connectivity index (χ2v) is 6.34. The summed E-state index contributed by atoms with van der Waals surface area (Å²) in [4.78, 5) is 2.50. The van der Waals surface area contributed by atoms with Crippen molar-refractivity contribution in [1.82, 2.24) is 4.90 Å². The van der Waals surface area contributed by atoms with Crippen LogP contribution < -0.4 is 0 Å². The predicted molar refractivity (Wildman–Crippen MR) is 73.1 cm³/mol. The Labute approximate surface area is 109 Å². The van der Waals surface area contributed by atoms with Crippen molar-refractivity contribution in [2.45, 2.75) is 52.0 Å². The smallest absolute Gasteiger partial charge is 0.0558 e. The fourth-order valence-electron chi connectivity index (χ4n) is 2.56. The molecule has 0 atom stereocenters. The van der Waals surface area contributed by atoms with Crippen LogP contribution in [0.1, 0.15) is 46.0 Å². The lowest BCUT2D eigenvalue weighted by molar-refractivity contribution is 0.0906. The van der Waals surface area contributed by atoms with Gasteiger partial charge in [-0.05, 0) is 18.3 Å². The lowest BCUT2D eigenvalue weighted by Crippen LogP contribution is -2.44. The molecule has 3 heteroatoms. The third kappa shape index (κ3) is 4.72. The maximum atomic E-state index is 9.18. The molecule has 1 aliphatic rings. The van der Waals surface area contributed by atoms with Gasteiger partial charge >= 0.3 is 0 Å². The molecule has 1 N–H and O–H groups in total. The number of aliphatic hydroxyl groups excluding tert-OH is 1. The maximum Gasteiger partial charge on any atom is 0.0558 e. The van der Waals surface area contributed by atoms with E-state index in [4.69, 9.17) is 0 Å². The molecule has 0 aromatic heterocycles. The molecule has 1 rings (SSSR count). The van der Waals surface area contributed by atoms with Crippen LogP contribution in [0.5, 0.6) is 0 Å². The first-order chi connectivity index (χ1) is 7.59. The highest BCUT2D eigenvalue weighted by Gasteiger charge is 2.26. The van der Waals surface area contributed by atoms with Gasteiger partial charge in [0, 0.05) is 24.5 Å². The van der Waals surface area contributed by atoms with Crippen molar-refractivity contribution in [3.05, 3.63) is 0 Å². The Morgan fingerprint density at radius 1 is 1.25 bits per heavy atom. The summed E-state index contributed by atoms with van der Waals surface area (Å²) in [6, 6.07) is 0.708. The zero-order chi connectivity index (χ0) is 12.0. The van der Waals surface area contributed by atoms with E-state index in [1.54, 1.807) is 0 Å². The van der Waals surface area contributed by atoms with Gasteiger partial charge in [0.15, 0.2) is 0 Å². The summed E-state index contributed by atoms with van der Waals surface area (Å²) in [7, 11) is 0. The van der Waals surface area contributed by atoms with Crippen LogP contribution >= 0.6 is 15.9 Å². The lowest BCUT2D eigenvalue weighted by atomic mass is 9.90. The normalized spacial score (nSPS) is 19.3. The highest BCUT2D eigenvalue weighted by molar-refractivity contribution is 9.09. The molecule has 1 aliphatic carbocycles. The van der Waals surface area contributed by atoms with Crippen molar-refractivity contribution < 1.29 is 5.11 Å². The van der Waals surface area contributed by atoms with E-state index in [1.165, 1.54) is 32.1 Å². The lowest BCUT2D eigenvalue weighted by Gasteiger charge is -2.38. The quantitative estimate of drug-likeness (QED) is 0.761. The summed E-state index contributed by atoms with van der Waals surface area (Å²) in [6.45, 7) is 6.78. The van der Waals surface area contributed by atoms with E-state index in [0.29, 0.717) is 11.5 Å². The van der Waals surface area contributed by atoms with Crippen molar-refractivity contribution in [1.29, 1.82) is 0 Å². The second-order valence-electron chi connectivity index (χ2n) is 5.78. The first-order valence-electron chi connectivity index (χ1n) is 6.50. The maximum absolute atomic E-state index is 9.18. The molecule has 0 spiro atoms. The third-order valence-electron chi connectivity index (χ3n) is 3.47. The van der Waals surface area contributed by atoms with Crippen LogP contribution in [-0.2, 0) is 0 Å². The number of rotatable bonds is 6. The Bertz CT molecular complexity index is 190. The minimum atomic E-state index is 0.287. The minimum absolute atomic E-state index is 0.287. The molecule has 0 heterocycles. The van der Waals surface area contributed by atoms with Gasteiger partial charge in [0.2, 0.25) is 0 Å². The molecule has 0 radical (unpaired) electrons. The van der Waals surface area contributed by atoms with Crippen LogP contribution in [0.25, 0.3) is 0 Å². The molecule has 96 valence electrons. The average molecular weight is 292 g/mol. The van der Waals surface area contributed by atoms with Crippen LogP contribution in [0.2, 0.25) is 0 Å². The molecule has 0 amide bonds. The van der Waals surface area contributed by atoms with Crippen molar-refractivity contribution in [3.8, 4) is 0 Å². The van der Waals surface area contributed by atoms with Crippen molar-refractivity contribution in [2.24, 2.45) is 5.41 Å². The molecule has 1 saturated carbocycles. The summed E-state index contributed by atoms with van der Waals surface area (Å²) in [5, 5.41) is 10.2. The number of halogens is 1. The third-order valence-corrected chi connectivity index (χ3v) is 4.99. The van der Waals surface area contributed by atoms with Crippen LogP contribution in [0.15, 0.2) is 0 Å². The molecule has 0 aromatic carbocycles. The average Bonchev–Trinajstić information content (AvgIpc) is 2.29. The Balaban J connectivity index is 2.51. The zero-order valence-electron chi connectivity index (χ0n) is 10.7. The van der Waals surface area contributed by atoms with Gasteiger partial charge in [0.1, 0.15) is 0 Å². The largest absolute Gasteiger partial charge is 0.395 e. The van der Waals surface area contributed by atoms with Crippen molar-refractivity contribution >= 4 is 15.9 Å². The van der Waals surface area contributed by atoms with Crippen LogP contribution in [0, 0.1) is 5.41 Å². The minimum Gasteiger partial charge on any atom is -0.395 e. The first kappa shape index (κ1) is 14.5. The summed E-state index contributed by atoms with van der Waals surface area (Å²) in [6.07, 6.45) is 6.75. The fraction of sp³-hybridized carbons (Fsp3) is 1.00. The molecular formula is C13H26BrNO. The number of nitrogens with zero attached hydrogens (tertiary/aromatic N) is 1. The monoisotopic (exact) mass is 291 g/mol. The number of alkyl halides is 1. The molecule has 1 fully saturated rings. The topological polar surface area (TPSA) is 23.5 Å². The number of hydrogen-bond donors (Lipinski definition) is 1. The molecule has 0 aromatic rings. The van der Waals surface area contributed by atoms with E-state index < -0.39 is 0 Å². The van der Waals surface area contributed by atoms with Crippen molar-refractivity contribution in [3.63, 3.8) is 0 Å². The SMILES string of the molecule is CC(C)(CBr)CN(CCO)C1CCCCC1. The highest BCUT2D eigenvalue weighted by Crippen LogP contribution is 2.27. The Hall–Kier alpha value is 0.400. The van der Waals surface area contributed by atoms with Gasteiger partial charge in [-0.15, -0.1) is 0 Å². The van der Waals surface area contributed by atoms with Crippen molar-refractivity contribution in [2.75, 3.05) is 25.0 Å². The zero-order valence-corrected chi connectivity index (χ0v) is 12.3. The molecular weight excluding hydrogens is 266 g/mol. The molecule has 0 saturated heterocycles. The standard InChI is InChI=1S/C13H26BrNO/c1-13(2,10-14)11-15(8-9-16)12-6-4-3-5-7-12/h12,16H,3-11H2,1-2H3. The molecule has 0 bridgehead atoms. The van der Waals surface area contributed by atoms with Gasteiger partial charge in [0.25, 0.3) is 0 Å². The Morgan fingerprint density at radius 3 is 2.38 bits per heavy atom. The number of hydrogen-bond acceptors (Lipinski definition) is 2. The van der Waals surface area contributed by atoms with E-state index in [1.807, 2.05) is 0 Å². The van der Waals surface area contributed by atoms with Crippen LogP contribution in [-0.4, -0.2) is 41.1 Å². The van der Waals surface area contributed by atoms with E-state index in [-0.39, 0.29) is 6.61 Å². The summed E-state index contributed by atoms with van der Waals surface area (Å²) in [5.74, 6) is 0. The van der Waals surface area contributed by atoms with Gasteiger partial charge in [-0.25, -0.2) is 0 Å². The highest BCUT2D eigenvalue weighted by atomic mass is 79.9. The summed E-state index contributed by atoms with van der Waals surface area (Å²) >= 11 is 3.59. The molecule has 0 aliphatic heterocycles. The van der Waals surface area contributed by atoms with Gasteiger partial charge in [-0.1, -0.05) is 49.0 Å². The van der Waals surface area contributed by atoms with Gasteiger partial charge < -0.3 is 5.11 Å². The van der Waals surface area contributed by atoms with Gasteiger partial charge in [-0.3, -0.25) is 4.90 Å². The molecule has 0 unspecified atom stereocenters.